The second kappa shape index (κ2) is 7.37. The van der Waals surface area contributed by atoms with Crippen LogP contribution in [-0.4, -0.2) is 55.1 Å². The Morgan fingerprint density at radius 1 is 1.68 bits per heavy atom. The maximum absolute atomic E-state index is 12.2. The number of aryl methyl sites for hydroxylation is 1. The monoisotopic (exact) mass is 267 g/mol. The Labute approximate surface area is 113 Å². The van der Waals surface area contributed by atoms with Gasteiger partial charge in [0.2, 0.25) is 0 Å². The van der Waals surface area contributed by atoms with Crippen LogP contribution in [0.3, 0.4) is 0 Å². The Morgan fingerprint density at radius 2 is 2.58 bits per heavy atom. The quantitative estimate of drug-likeness (QED) is 0.575. The van der Waals surface area contributed by atoms with E-state index in [0.717, 1.165) is 19.6 Å². The number of methoxy groups -OCH3 is 1. The van der Waals surface area contributed by atoms with Gasteiger partial charge in [0.1, 0.15) is 5.69 Å². The van der Waals surface area contributed by atoms with Gasteiger partial charge in [0.15, 0.2) is 5.78 Å². The lowest BCUT2D eigenvalue weighted by molar-refractivity contribution is 0.0671. The van der Waals surface area contributed by atoms with Crippen LogP contribution in [0.1, 0.15) is 23.3 Å². The van der Waals surface area contributed by atoms with Crippen molar-refractivity contribution in [3.8, 4) is 0 Å². The Bertz CT molecular complexity index is 400. The summed E-state index contributed by atoms with van der Waals surface area (Å²) in [5.74, 6) is 0.109. The molecule has 1 aromatic heterocycles. The predicted octanol–water partition coefficient (Wildman–Crippen LogP) is 0.481. The normalized spacial score (nSPS) is 19.5. The summed E-state index contributed by atoms with van der Waals surface area (Å²) in [5, 5.41) is 7.48. The third-order valence-corrected chi connectivity index (χ3v) is 3.15. The van der Waals surface area contributed by atoms with E-state index in [9.17, 15) is 4.79 Å². The van der Waals surface area contributed by atoms with E-state index in [4.69, 9.17) is 9.47 Å². The first kappa shape index (κ1) is 14.2. The van der Waals surface area contributed by atoms with Crippen LogP contribution < -0.4 is 5.32 Å². The number of nitrogens with one attached hydrogen (secondary N) is 1. The first-order valence-electron chi connectivity index (χ1n) is 6.66. The number of morpholine rings is 1. The second-order valence-corrected chi connectivity index (χ2v) is 4.64. The Balaban J connectivity index is 1.89. The number of Topliss-reactive ketones (excluding diaryl/α,β-unsaturated/α-hetero) is 1. The molecule has 1 saturated heterocycles. The van der Waals surface area contributed by atoms with Gasteiger partial charge in [-0.1, -0.05) is 0 Å². The molecule has 1 atom stereocenters. The number of hydrogen-bond acceptors (Lipinski definition) is 5. The summed E-state index contributed by atoms with van der Waals surface area (Å²) < 4.78 is 12.1. The maximum Gasteiger partial charge on any atom is 0.182 e. The van der Waals surface area contributed by atoms with Crippen LogP contribution in [-0.2, 0) is 16.0 Å². The van der Waals surface area contributed by atoms with Gasteiger partial charge in [0.25, 0.3) is 0 Å². The summed E-state index contributed by atoms with van der Waals surface area (Å²) in [7, 11) is 1.67. The summed E-state index contributed by atoms with van der Waals surface area (Å²) in [6.45, 7) is 3.51. The minimum Gasteiger partial charge on any atom is -0.385 e. The fraction of sp³-hybridized carbons (Fsp3) is 0.692. The minimum absolute atomic E-state index is 0.109. The Morgan fingerprint density at radius 3 is 3.32 bits per heavy atom. The molecule has 1 aliphatic rings. The molecule has 6 nitrogen and oxygen atoms in total. The van der Waals surface area contributed by atoms with Crippen LogP contribution in [0.15, 0.2) is 12.3 Å². The van der Waals surface area contributed by atoms with Crippen molar-refractivity contribution in [1.29, 1.82) is 0 Å². The molecule has 0 aromatic carbocycles. The van der Waals surface area contributed by atoms with Crippen LogP contribution in [0.4, 0.5) is 0 Å². The molecule has 19 heavy (non-hydrogen) atoms. The average molecular weight is 267 g/mol. The molecule has 1 unspecified atom stereocenters. The lowest BCUT2D eigenvalue weighted by Crippen LogP contribution is -2.42. The summed E-state index contributed by atoms with van der Waals surface area (Å²) in [5.41, 5.74) is 0.670. The van der Waals surface area contributed by atoms with Crippen molar-refractivity contribution in [3.05, 3.63) is 18.0 Å². The summed E-state index contributed by atoms with van der Waals surface area (Å²) in [4.78, 5) is 12.2. The Kier molecular flexibility index (Phi) is 5.50. The molecule has 0 radical (unpaired) electrons. The fourth-order valence-electron chi connectivity index (χ4n) is 2.19. The van der Waals surface area contributed by atoms with Gasteiger partial charge in [-0.25, -0.2) is 0 Å². The smallest absolute Gasteiger partial charge is 0.182 e. The third kappa shape index (κ3) is 4.12. The molecule has 0 saturated carbocycles. The van der Waals surface area contributed by atoms with E-state index in [1.165, 1.54) is 0 Å². The van der Waals surface area contributed by atoms with Gasteiger partial charge in [-0.3, -0.25) is 9.48 Å². The zero-order chi connectivity index (χ0) is 13.5. The molecule has 2 rings (SSSR count). The molecule has 0 aliphatic carbocycles. The molecule has 0 bridgehead atoms. The standard InChI is InChI=1S/C13H21N3O3/c1-18-7-2-6-16-12(3-4-15-16)13(17)9-11-10-19-8-5-14-11/h3-4,11,14H,2,5-10H2,1H3. The number of carbonyl (C=O) groups excluding carboxylic acids is 1. The predicted molar refractivity (Wildman–Crippen MR) is 70.3 cm³/mol. The largest absolute Gasteiger partial charge is 0.385 e. The molecule has 1 aromatic rings. The fourth-order valence-corrected chi connectivity index (χ4v) is 2.19. The minimum atomic E-state index is 0.109. The zero-order valence-corrected chi connectivity index (χ0v) is 11.3. The molecule has 0 amide bonds. The molecule has 0 spiro atoms. The second-order valence-electron chi connectivity index (χ2n) is 4.64. The van der Waals surface area contributed by atoms with Crippen LogP contribution in [0.5, 0.6) is 0 Å². The molecular weight excluding hydrogens is 246 g/mol. The van der Waals surface area contributed by atoms with E-state index >= 15 is 0 Å². The molecule has 1 fully saturated rings. The maximum atomic E-state index is 12.2. The van der Waals surface area contributed by atoms with Crippen molar-refractivity contribution < 1.29 is 14.3 Å². The van der Waals surface area contributed by atoms with Crippen LogP contribution in [0.25, 0.3) is 0 Å². The lowest BCUT2D eigenvalue weighted by Gasteiger charge is -2.23. The highest BCUT2D eigenvalue weighted by Crippen LogP contribution is 2.08. The van der Waals surface area contributed by atoms with E-state index in [2.05, 4.69) is 10.4 Å². The van der Waals surface area contributed by atoms with Crippen LogP contribution >= 0.6 is 0 Å². The number of ketones is 1. The van der Waals surface area contributed by atoms with E-state index in [0.29, 0.717) is 31.9 Å². The van der Waals surface area contributed by atoms with Crippen molar-refractivity contribution in [2.45, 2.75) is 25.4 Å². The summed E-state index contributed by atoms with van der Waals surface area (Å²) >= 11 is 0. The topological polar surface area (TPSA) is 65.4 Å². The highest BCUT2D eigenvalue weighted by Gasteiger charge is 2.20. The van der Waals surface area contributed by atoms with Gasteiger partial charge in [0, 0.05) is 45.5 Å². The Hall–Kier alpha value is -1.24. The first-order valence-corrected chi connectivity index (χ1v) is 6.66. The zero-order valence-electron chi connectivity index (χ0n) is 11.3. The number of aromatic nitrogens is 2. The van der Waals surface area contributed by atoms with Gasteiger partial charge < -0.3 is 14.8 Å². The van der Waals surface area contributed by atoms with Crippen molar-refractivity contribution in [1.82, 2.24) is 15.1 Å². The SMILES string of the molecule is COCCCn1nccc1C(=O)CC1COCCN1. The van der Waals surface area contributed by atoms with E-state index in [1.807, 2.05) is 0 Å². The van der Waals surface area contributed by atoms with Crippen molar-refractivity contribution in [3.63, 3.8) is 0 Å². The molecule has 1 aliphatic heterocycles. The third-order valence-electron chi connectivity index (χ3n) is 3.15. The summed E-state index contributed by atoms with van der Waals surface area (Å²) in [6, 6.07) is 1.89. The highest BCUT2D eigenvalue weighted by molar-refractivity contribution is 5.94. The van der Waals surface area contributed by atoms with E-state index in [1.54, 1.807) is 24.1 Å². The van der Waals surface area contributed by atoms with Crippen LogP contribution in [0, 0.1) is 0 Å². The van der Waals surface area contributed by atoms with Crippen molar-refractivity contribution in [2.24, 2.45) is 0 Å². The van der Waals surface area contributed by atoms with Gasteiger partial charge in [-0.15, -0.1) is 0 Å². The van der Waals surface area contributed by atoms with E-state index < -0.39 is 0 Å². The first-order chi connectivity index (χ1) is 9.31. The molecule has 106 valence electrons. The molecule has 2 heterocycles. The number of hydrogen-bond donors (Lipinski definition) is 1. The molecule has 1 N–H and O–H groups in total. The number of carbonyl (C=O) groups is 1. The molecular formula is C13H21N3O3. The average Bonchev–Trinajstić information content (AvgIpc) is 2.89. The lowest BCUT2D eigenvalue weighted by atomic mass is 10.1. The number of nitrogens with zero attached hydrogens (tertiary/aromatic N) is 2. The van der Waals surface area contributed by atoms with Gasteiger partial charge in [-0.2, -0.15) is 5.10 Å². The van der Waals surface area contributed by atoms with Crippen LogP contribution in [0.2, 0.25) is 0 Å². The van der Waals surface area contributed by atoms with Crippen molar-refractivity contribution >= 4 is 5.78 Å². The number of rotatable bonds is 7. The highest BCUT2D eigenvalue weighted by atomic mass is 16.5. The van der Waals surface area contributed by atoms with Crippen molar-refractivity contribution in [2.75, 3.05) is 33.5 Å². The van der Waals surface area contributed by atoms with E-state index in [-0.39, 0.29) is 11.8 Å². The van der Waals surface area contributed by atoms with Gasteiger partial charge in [-0.05, 0) is 12.5 Å². The number of ether oxygens (including phenoxy) is 2. The van der Waals surface area contributed by atoms with Gasteiger partial charge >= 0.3 is 0 Å². The van der Waals surface area contributed by atoms with Gasteiger partial charge in [0.05, 0.1) is 13.2 Å². The summed E-state index contributed by atoms with van der Waals surface area (Å²) in [6.07, 6.45) is 2.98. The molecule has 6 heteroatoms.